The summed E-state index contributed by atoms with van der Waals surface area (Å²) in [4.78, 5) is 43.3. The molecule has 11 nitrogen and oxygen atoms in total. The molecule has 2 unspecified atom stereocenters. The van der Waals surface area contributed by atoms with E-state index in [4.69, 9.17) is 9.72 Å². The average molecular weight is 521 g/mol. The highest BCUT2D eigenvalue weighted by Crippen LogP contribution is 2.23. The van der Waals surface area contributed by atoms with Gasteiger partial charge in [0, 0.05) is 56.8 Å². The van der Waals surface area contributed by atoms with Gasteiger partial charge in [0.1, 0.15) is 17.9 Å². The summed E-state index contributed by atoms with van der Waals surface area (Å²) in [5.74, 6) is 1.90. The third kappa shape index (κ3) is 6.58. The Morgan fingerprint density at radius 3 is 2.66 bits per heavy atom. The molecule has 0 bridgehead atoms. The number of methoxy groups -OCH3 is 1. The Morgan fingerprint density at radius 2 is 1.97 bits per heavy atom. The molecule has 3 heterocycles. The molecule has 1 fully saturated rings. The number of hydrogen-bond acceptors (Lipinski definition) is 7. The number of amides is 3. The van der Waals surface area contributed by atoms with E-state index in [2.05, 4.69) is 25.5 Å². The van der Waals surface area contributed by atoms with Crippen LogP contribution < -0.4 is 20.3 Å². The topological polar surface area (TPSA) is 118 Å². The number of nitrogens with one attached hydrogen (secondary N) is 2. The van der Waals surface area contributed by atoms with Crippen molar-refractivity contribution >= 4 is 17.8 Å². The number of urea groups is 1. The van der Waals surface area contributed by atoms with Crippen molar-refractivity contribution < 1.29 is 14.3 Å². The first-order chi connectivity index (χ1) is 18.4. The number of hydrogen-bond donors (Lipinski definition) is 2. The fourth-order valence-electron chi connectivity index (χ4n) is 4.53. The zero-order chi connectivity index (χ0) is 27.1. The molecular weight excluding hydrogens is 484 g/mol. The predicted molar refractivity (Wildman–Crippen MR) is 144 cm³/mol. The van der Waals surface area contributed by atoms with Gasteiger partial charge >= 0.3 is 6.03 Å². The largest absolute Gasteiger partial charge is 0.497 e. The van der Waals surface area contributed by atoms with Crippen molar-refractivity contribution in [3.05, 3.63) is 60.3 Å². The van der Waals surface area contributed by atoms with Crippen molar-refractivity contribution in [1.82, 2.24) is 35.1 Å². The molecule has 38 heavy (non-hydrogen) atoms. The fraction of sp³-hybridized carbons (Fsp3) is 0.444. The standard InChI is InChI=1S/C27H36N8O3/c1-5-10-29-27(37)33-13-14-35(24-15-19(2)30-26(32-24)34-12-11-28-18-34)22(17-33)16-25(36)31-20(3)21-6-8-23(38-4)9-7-21/h6-9,11-12,15,18,20,22H,5,10,13-14,16-17H2,1-4H3,(H,29,37)(H,31,36). The highest BCUT2D eigenvalue weighted by Gasteiger charge is 2.32. The Kier molecular flexibility index (Phi) is 8.77. The van der Waals surface area contributed by atoms with Gasteiger partial charge in [-0.15, -0.1) is 0 Å². The van der Waals surface area contributed by atoms with Crippen LogP contribution in [-0.2, 0) is 4.79 Å². The number of carbonyl (C=O) groups excluding carboxylic acids is 2. The molecule has 0 saturated carbocycles. The van der Waals surface area contributed by atoms with Crippen molar-refractivity contribution in [2.45, 2.75) is 45.7 Å². The first-order valence-electron chi connectivity index (χ1n) is 12.9. The maximum absolute atomic E-state index is 13.2. The van der Waals surface area contributed by atoms with E-state index in [1.165, 1.54) is 0 Å². The number of anilines is 1. The van der Waals surface area contributed by atoms with Gasteiger partial charge in [-0.25, -0.2) is 14.8 Å². The lowest BCUT2D eigenvalue weighted by atomic mass is 10.1. The Bertz CT molecular complexity index is 1220. The molecule has 2 atom stereocenters. The molecule has 0 radical (unpaired) electrons. The van der Waals surface area contributed by atoms with Crippen LogP contribution in [0.5, 0.6) is 5.75 Å². The lowest BCUT2D eigenvalue weighted by Crippen LogP contribution is -2.58. The summed E-state index contributed by atoms with van der Waals surface area (Å²) in [5.41, 5.74) is 1.79. The van der Waals surface area contributed by atoms with Gasteiger partial charge in [-0.2, -0.15) is 4.98 Å². The first kappa shape index (κ1) is 26.9. The molecule has 4 rings (SSSR count). The second kappa shape index (κ2) is 12.4. The molecule has 2 aromatic heterocycles. The van der Waals surface area contributed by atoms with Crippen molar-refractivity contribution in [2.75, 3.05) is 38.2 Å². The third-order valence-corrected chi connectivity index (χ3v) is 6.57. The SMILES string of the molecule is CCCNC(=O)N1CCN(c2cc(C)nc(-n3ccnc3)n2)C(CC(=O)NC(C)c2ccc(OC)cc2)C1. The van der Waals surface area contributed by atoms with Crippen LogP contribution in [0, 0.1) is 6.92 Å². The Labute approximate surface area is 223 Å². The van der Waals surface area contributed by atoms with Crippen molar-refractivity contribution in [3.8, 4) is 11.7 Å². The van der Waals surface area contributed by atoms with Crippen LogP contribution in [0.1, 0.15) is 44.0 Å². The highest BCUT2D eigenvalue weighted by atomic mass is 16.5. The molecule has 11 heteroatoms. The molecule has 202 valence electrons. The van der Waals surface area contributed by atoms with Gasteiger partial charge in [0.2, 0.25) is 11.9 Å². The number of aromatic nitrogens is 4. The average Bonchev–Trinajstić information content (AvgIpc) is 3.46. The molecule has 0 spiro atoms. The van der Waals surface area contributed by atoms with Crippen LogP contribution in [0.3, 0.4) is 0 Å². The monoisotopic (exact) mass is 520 g/mol. The molecule has 1 aliphatic heterocycles. The molecular formula is C27H36N8O3. The van der Waals surface area contributed by atoms with Crippen molar-refractivity contribution in [1.29, 1.82) is 0 Å². The molecule has 3 amide bonds. The van der Waals surface area contributed by atoms with E-state index in [9.17, 15) is 9.59 Å². The second-order valence-corrected chi connectivity index (χ2v) is 9.43. The van der Waals surface area contributed by atoms with Crippen LogP contribution in [0.25, 0.3) is 5.95 Å². The van der Waals surface area contributed by atoms with E-state index in [0.717, 1.165) is 29.2 Å². The molecule has 0 aliphatic carbocycles. The number of rotatable bonds is 9. The maximum atomic E-state index is 13.2. The van der Waals surface area contributed by atoms with Gasteiger partial charge < -0.3 is 25.2 Å². The van der Waals surface area contributed by atoms with Crippen LogP contribution in [-0.4, -0.2) is 75.7 Å². The van der Waals surface area contributed by atoms with Gasteiger partial charge in [-0.05, 0) is 38.0 Å². The summed E-state index contributed by atoms with van der Waals surface area (Å²) >= 11 is 0. The van der Waals surface area contributed by atoms with E-state index < -0.39 is 0 Å². The smallest absolute Gasteiger partial charge is 0.317 e. The normalized spacial score (nSPS) is 16.2. The molecule has 1 aromatic carbocycles. The Balaban J connectivity index is 1.53. The number of ether oxygens (including phenoxy) is 1. The van der Waals surface area contributed by atoms with Crippen molar-refractivity contribution in [3.63, 3.8) is 0 Å². The summed E-state index contributed by atoms with van der Waals surface area (Å²) in [7, 11) is 1.62. The van der Waals surface area contributed by atoms with Crippen LogP contribution >= 0.6 is 0 Å². The second-order valence-electron chi connectivity index (χ2n) is 9.43. The maximum Gasteiger partial charge on any atom is 0.317 e. The zero-order valence-corrected chi connectivity index (χ0v) is 22.4. The lowest BCUT2D eigenvalue weighted by molar-refractivity contribution is -0.122. The summed E-state index contributed by atoms with van der Waals surface area (Å²) in [6, 6.07) is 9.01. The van der Waals surface area contributed by atoms with Crippen LogP contribution in [0.2, 0.25) is 0 Å². The predicted octanol–water partition coefficient (Wildman–Crippen LogP) is 2.86. The van der Waals surface area contributed by atoms with E-state index in [1.807, 2.05) is 51.1 Å². The summed E-state index contributed by atoms with van der Waals surface area (Å²) in [5, 5.41) is 6.06. The molecule has 3 aromatic rings. The summed E-state index contributed by atoms with van der Waals surface area (Å²) in [6.07, 6.45) is 6.19. The van der Waals surface area contributed by atoms with Gasteiger partial charge in [0.25, 0.3) is 0 Å². The van der Waals surface area contributed by atoms with E-state index >= 15 is 0 Å². The molecule has 1 aliphatic rings. The minimum atomic E-state index is -0.260. The molecule has 2 N–H and O–H groups in total. The van der Waals surface area contributed by atoms with Crippen molar-refractivity contribution in [2.24, 2.45) is 0 Å². The van der Waals surface area contributed by atoms with Gasteiger partial charge in [0.05, 0.1) is 19.2 Å². The van der Waals surface area contributed by atoms with Gasteiger partial charge in [0.15, 0.2) is 0 Å². The van der Waals surface area contributed by atoms with E-state index in [1.54, 1.807) is 35.3 Å². The summed E-state index contributed by atoms with van der Waals surface area (Å²) < 4.78 is 6.99. The minimum Gasteiger partial charge on any atom is -0.497 e. The fourth-order valence-corrected chi connectivity index (χ4v) is 4.53. The number of benzene rings is 1. The number of nitrogens with zero attached hydrogens (tertiary/aromatic N) is 6. The van der Waals surface area contributed by atoms with Crippen LogP contribution in [0.15, 0.2) is 49.1 Å². The third-order valence-electron chi connectivity index (χ3n) is 6.57. The van der Waals surface area contributed by atoms with E-state index in [-0.39, 0.29) is 30.4 Å². The Hall–Kier alpha value is -4.15. The number of carbonyl (C=O) groups is 2. The van der Waals surface area contributed by atoms with Gasteiger partial charge in [-0.3, -0.25) is 9.36 Å². The van der Waals surface area contributed by atoms with Crippen LogP contribution in [0.4, 0.5) is 10.6 Å². The Morgan fingerprint density at radius 1 is 1.18 bits per heavy atom. The lowest BCUT2D eigenvalue weighted by Gasteiger charge is -2.42. The number of imidazole rings is 1. The van der Waals surface area contributed by atoms with E-state index in [0.29, 0.717) is 32.1 Å². The van der Waals surface area contributed by atoms with Gasteiger partial charge in [-0.1, -0.05) is 19.1 Å². The molecule has 1 saturated heterocycles. The minimum absolute atomic E-state index is 0.0975. The summed E-state index contributed by atoms with van der Waals surface area (Å²) in [6.45, 7) is 7.98. The first-order valence-corrected chi connectivity index (χ1v) is 12.9. The number of aryl methyl sites for hydroxylation is 1. The quantitative estimate of drug-likeness (QED) is 0.446. The highest BCUT2D eigenvalue weighted by molar-refractivity contribution is 5.78. The zero-order valence-electron chi connectivity index (χ0n) is 22.4. The number of piperazine rings is 1.